The third kappa shape index (κ3) is 6.20. The Balaban J connectivity index is 2.27. The number of ether oxygens (including phenoxy) is 2. The van der Waals surface area contributed by atoms with Gasteiger partial charge in [0.25, 0.3) is 0 Å². The number of hydrogen-bond acceptors (Lipinski definition) is 3. The van der Waals surface area contributed by atoms with E-state index in [1.54, 1.807) is 0 Å². The van der Waals surface area contributed by atoms with E-state index in [-0.39, 0.29) is 5.97 Å². The van der Waals surface area contributed by atoms with Crippen LogP contribution < -0.4 is 0 Å². The van der Waals surface area contributed by atoms with Gasteiger partial charge >= 0.3 is 5.97 Å². The Kier molecular flexibility index (Phi) is 7.97. The molecule has 0 N–H and O–H groups in total. The van der Waals surface area contributed by atoms with Gasteiger partial charge in [-0.25, -0.2) is 4.79 Å². The fourth-order valence-electron chi connectivity index (χ4n) is 2.08. The Morgan fingerprint density at radius 1 is 1.10 bits per heavy atom. The van der Waals surface area contributed by atoms with E-state index in [1.807, 2.05) is 30.3 Å². The highest BCUT2D eigenvalue weighted by Gasteiger charge is 2.21. The quantitative estimate of drug-likeness (QED) is 0.503. The van der Waals surface area contributed by atoms with E-state index in [4.69, 9.17) is 9.47 Å². The zero-order valence-corrected chi connectivity index (χ0v) is 12.8. The van der Waals surface area contributed by atoms with Gasteiger partial charge in [-0.05, 0) is 17.9 Å². The molecule has 0 radical (unpaired) electrons. The zero-order chi connectivity index (χ0) is 14.8. The normalized spacial score (nSPS) is 12.4. The van der Waals surface area contributed by atoms with E-state index in [2.05, 4.69) is 13.8 Å². The molecule has 1 aromatic rings. The topological polar surface area (TPSA) is 35.5 Å². The fourth-order valence-corrected chi connectivity index (χ4v) is 2.08. The van der Waals surface area contributed by atoms with Crippen molar-refractivity contribution in [2.75, 3.05) is 13.7 Å². The van der Waals surface area contributed by atoms with Crippen molar-refractivity contribution in [3.8, 4) is 0 Å². The first kappa shape index (κ1) is 16.7. The van der Waals surface area contributed by atoms with Crippen LogP contribution in [0.2, 0.25) is 0 Å². The molecule has 0 saturated heterocycles. The Hall–Kier alpha value is -1.35. The second-order valence-electron chi connectivity index (χ2n) is 5.44. The minimum absolute atomic E-state index is 0.303. The monoisotopic (exact) mass is 278 g/mol. The number of carbonyl (C=O) groups is 1. The van der Waals surface area contributed by atoms with E-state index >= 15 is 0 Å². The number of benzene rings is 1. The van der Waals surface area contributed by atoms with Gasteiger partial charge in [0.2, 0.25) is 0 Å². The molecule has 1 aromatic carbocycles. The summed E-state index contributed by atoms with van der Waals surface area (Å²) < 4.78 is 10.5. The highest BCUT2D eigenvalue weighted by molar-refractivity contribution is 5.76. The molecule has 1 rings (SSSR count). The van der Waals surface area contributed by atoms with Gasteiger partial charge in [-0.15, -0.1) is 0 Å². The van der Waals surface area contributed by atoms with Gasteiger partial charge in [0.15, 0.2) is 6.10 Å². The van der Waals surface area contributed by atoms with Crippen LogP contribution in [-0.4, -0.2) is 19.7 Å². The second-order valence-corrected chi connectivity index (χ2v) is 5.44. The van der Waals surface area contributed by atoms with E-state index in [0.717, 1.165) is 24.3 Å². The lowest BCUT2D eigenvalue weighted by atomic mass is 10.1. The molecule has 0 aliphatic rings. The molecule has 0 fully saturated rings. The molecule has 0 spiro atoms. The van der Waals surface area contributed by atoms with Gasteiger partial charge in [-0.2, -0.15) is 0 Å². The van der Waals surface area contributed by atoms with Gasteiger partial charge in [-0.1, -0.05) is 63.4 Å². The molecular formula is C17H26O3. The van der Waals surface area contributed by atoms with Crippen LogP contribution in [0.1, 0.15) is 51.2 Å². The Morgan fingerprint density at radius 3 is 2.40 bits per heavy atom. The van der Waals surface area contributed by atoms with Gasteiger partial charge in [0.1, 0.15) is 0 Å². The first-order valence-corrected chi connectivity index (χ1v) is 7.39. The SMILES string of the molecule is COC(C(=O)OCCCCCC(C)C)c1ccccc1. The number of esters is 1. The van der Waals surface area contributed by atoms with Crippen LogP contribution >= 0.6 is 0 Å². The van der Waals surface area contributed by atoms with Crippen molar-refractivity contribution in [2.45, 2.75) is 45.6 Å². The van der Waals surface area contributed by atoms with Crippen LogP contribution in [0.25, 0.3) is 0 Å². The molecule has 0 aromatic heterocycles. The van der Waals surface area contributed by atoms with Crippen molar-refractivity contribution in [3.63, 3.8) is 0 Å². The van der Waals surface area contributed by atoms with Crippen LogP contribution in [0.3, 0.4) is 0 Å². The maximum absolute atomic E-state index is 12.0. The summed E-state index contributed by atoms with van der Waals surface area (Å²) in [5, 5.41) is 0. The predicted molar refractivity (Wildman–Crippen MR) is 80.5 cm³/mol. The Morgan fingerprint density at radius 2 is 1.80 bits per heavy atom. The van der Waals surface area contributed by atoms with Crippen LogP contribution in [-0.2, 0) is 14.3 Å². The summed E-state index contributed by atoms with van der Waals surface area (Å²) in [4.78, 5) is 12.0. The number of rotatable bonds is 9. The van der Waals surface area contributed by atoms with E-state index < -0.39 is 6.10 Å². The average Bonchev–Trinajstić information content (AvgIpc) is 2.44. The minimum atomic E-state index is -0.619. The van der Waals surface area contributed by atoms with Crippen molar-refractivity contribution < 1.29 is 14.3 Å². The molecule has 1 atom stereocenters. The number of unbranched alkanes of at least 4 members (excludes halogenated alkanes) is 2. The average molecular weight is 278 g/mol. The Labute approximate surface area is 122 Å². The van der Waals surface area contributed by atoms with Gasteiger partial charge in [0.05, 0.1) is 6.61 Å². The van der Waals surface area contributed by atoms with Crippen LogP contribution in [0.15, 0.2) is 30.3 Å². The summed E-state index contributed by atoms with van der Waals surface area (Å²) in [5.41, 5.74) is 0.833. The highest BCUT2D eigenvalue weighted by Crippen LogP contribution is 2.18. The lowest BCUT2D eigenvalue weighted by Gasteiger charge is -2.14. The molecule has 1 unspecified atom stereocenters. The summed E-state index contributed by atoms with van der Waals surface area (Å²) in [6.45, 7) is 4.93. The largest absolute Gasteiger partial charge is 0.464 e. The first-order valence-electron chi connectivity index (χ1n) is 7.39. The number of carbonyl (C=O) groups excluding carboxylic acids is 1. The molecule has 0 aliphatic heterocycles. The van der Waals surface area contributed by atoms with Crippen molar-refractivity contribution in [1.82, 2.24) is 0 Å². The molecule has 3 nitrogen and oxygen atoms in total. The third-order valence-corrected chi connectivity index (χ3v) is 3.22. The molecule has 0 saturated carbocycles. The van der Waals surface area contributed by atoms with Gasteiger partial charge < -0.3 is 9.47 Å². The molecule has 0 bridgehead atoms. The zero-order valence-electron chi connectivity index (χ0n) is 12.8. The third-order valence-electron chi connectivity index (χ3n) is 3.22. The standard InChI is InChI=1S/C17H26O3/c1-14(2)10-6-5-9-13-20-17(18)16(19-3)15-11-7-4-8-12-15/h4,7-8,11-12,14,16H,5-6,9-10,13H2,1-3H3. The van der Waals surface area contributed by atoms with Crippen molar-refractivity contribution in [3.05, 3.63) is 35.9 Å². The maximum Gasteiger partial charge on any atom is 0.339 e. The van der Waals surface area contributed by atoms with Gasteiger partial charge in [0, 0.05) is 7.11 Å². The number of hydrogen-bond donors (Lipinski definition) is 0. The Bertz CT molecular complexity index is 373. The summed E-state index contributed by atoms with van der Waals surface area (Å²) in [6, 6.07) is 9.44. The molecule has 112 valence electrons. The van der Waals surface area contributed by atoms with E-state index in [0.29, 0.717) is 6.61 Å². The van der Waals surface area contributed by atoms with Crippen LogP contribution in [0.4, 0.5) is 0 Å². The summed E-state index contributed by atoms with van der Waals surface area (Å²) in [7, 11) is 1.53. The maximum atomic E-state index is 12.0. The van der Waals surface area contributed by atoms with Crippen molar-refractivity contribution in [1.29, 1.82) is 0 Å². The number of methoxy groups -OCH3 is 1. The van der Waals surface area contributed by atoms with Crippen LogP contribution in [0.5, 0.6) is 0 Å². The van der Waals surface area contributed by atoms with E-state index in [9.17, 15) is 4.79 Å². The first-order chi connectivity index (χ1) is 9.65. The van der Waals surface area contributed by atoms with Crippen molar-refractivity contribution >= 4 is 5.97 Å². The van der Waals surface area contributed by atoms with Crippen LogP contribution in [0, 0.1) is 5.92 Å². The summed E-state index contributed by atoms with van der Waals surface area (Å²) in [5.74, 6) is 0.441. The van der Waals surface area contributed by atoms with E-state index in [1.165, 1.54) is 20.0 Å². The lowest BCUT2D eigenvalue weighted by molar-refractivity contribution is -0.156. The highest BCUT2D eigenvalue weighted by atomic mass is 16.6. The molecule has 20 heavy (non-hydrogen) atoms. The fraction of sp³-hybridized carbons (Fsp3) is 0.588. The second kappa shape index (κ2) is 9.54. The molecule has 0 aliphatic carbocycles. The lowest BCUT2D eigenvalue weighted by Crippen LogP contribution is -2.18. The molecule has 0 amide bonds. The molecular weight excluding hydrogens is 252 g/mol. The summed E-state index contributed by atoms with van der Waals surface area (Å²) >= 11 is 0. The molecule has 0 heterocycles. The van der Waals surface area contributed by atoms with Crippen molar-refractivity contribution in [2.24, 2.45) is 5.92 Å². The summed E-state index contributed by atoms with van der Waals surface area (Å²) in [6.07, 6.45) is 3.84. The van der Waals surface area contributed by atoms with Gasteiger partial charge in [-0.3, -0.25) is 0 Å². The smallest absolute Gasteiger partial charge is 0.339 e. The predicted octanol–water partition coefficient (Wildman–Crippen LogP) is 4.13. The molecule has 3 heteroatoms. The minimum Gasteiger partial charge on any atom is -0.464 e.